The summed E-state index contributed by atoms with van der Waals surface area (Å²) in [6, 6.07) is 0. The summed E-state index contributed by atoms with van der Waals surface area (Å²) in [5.41, 5.74) is 1.50. The van der Waals surface area contributed by atoms with Crippen molar-refractivity contribution in [3.05, 3.63) is 11.4 Å². The van der Waals surface area contributed by atoms with Crippen molar-refractivity contribution in [2.24, 2.45) is 0 Å². The van der Waals surface area contributed by atoms with E-state index in [2.05, 4.69) is 25.8 Å². The molecule has 1 atom stereocenters. The van der Waals surface area contributed by atoms with Crippen LogP contribution >= 0.6 is 0 Å². The molecule has 1 unspecified atom stereocenters. The van der Waals surface area contributed by atoms with Crippen LogP contribution in [0.3, 0.4) is 0 Å². The van der Waals surface area contributed by atoms with Gasteiger partial charge in [0.25, 0.3) is 5.91 Å². The molecule has 1 aliphatic rings. The number of carbonyl (C=O) groups is 1. The molecule has 1 aliphatic heterocycles. The quantitative estimate of drug-likeness (QED) is 0.715. The van der Waals surface area contributed by atoms with Gasteiger partial charge in [0.15, 0.2) is 0 Å². The van der Waals surface area contributed by atoms with Gasteiger partial charge in [-0.25, -0.2) is 4.98 Å². The second-order valence-electron chi connectivity index (χ2n) is 3.86. The Hall–Kier alpha value is -1.60. The van der Waals surface area contributed by atoms with Crippen molar-refractivity contribution < 1.29 is 9.53 Å². The second kappa shape index (κ2) is 5.15. The van der Waals surface area contributed by atoms with E-state index >= 15 is 0 Å². The normalized spacial score (nSPS) is 20.0. The number of anilines is 1. The van der Waals surface area contributed by atoms with E-state index in [-0.39, 0.29) is 11.9 Å². The molecule has 1 aromatic heterocycles. The third kappa shape index (κ3) is 2.95. The Morgan fingerprint density at radius 2 is 2.24 bits per heavy atom. The lowest BCUT2D eigenvalue weighted by atomic mass is 10.3. The lowest BCUT2D eigenvalue weighted by Gasteiger charge is -2.22. The number of rotatable bonds is 2. The molecule has 0 aliphatic carbocycles. The monoisotopic (exact) mass is 237 g/mol. The molecule has 92 valence electrons. The number of nitrogens with one attached hydrogen (secondary N) is 2. The zero-order chi connectivity index (χ0) is 12.3. The van der Waals surface area contributed by atoms with Crippen LogP contribution in [-0.2, 0) is 9.53 Å². The minimum Gasteiger partial charge on any atom is -0.366 e. The number of nitrogens with zero attached hydrogens (tertiary/aromatic N) is 3. The van der Waals surface area contributed by atoms with E-state index in [0.29, 0.717) is 13.2 Å². The molecule has 1 amide bonds. The van der Waals surface area contributed by atoms with Crippen molar-refractivity contribution in [3.63, 3.8) is 0 Å². The first-order valence-electron chi connectivity index (χ1n) is 5.48. The summed E-state index contributed by atoms with van der Waals surface area (Å²) < 4.78 is 5.32. The van der Waals surface area contributed by atoms with E-state index in [0.717, 1.165) is 17.9 Å². The number of aryl methyl sites for hydroxylation is 2. The van der Waals surface area contributed by atoms with Crippen LogP contribution in [0.1, 0.15) is 11.4 Å². The minimum absolute atomic E-state index is 0.215. The lowest BCUT2D eigenvalue weighted by molar-refractivity contribution is -0.128. The first-order chi connectivity index (χ1) is 8.16. The Balaban J connectivity index is 1.99. The number of ether oxygens (including phenoxy) is 1. The van der Waals surface area contributed by atoms with Gasteiger partial charge in [-0.15, -0.1) is 5.10 Å². The summed E-state index contributed by atoms with van der Waals surface area (Å²) in [5, 5.41) is 13.4. The predicted octanol–water partition coefficient (Wildman–Crippen LogP) is -0.585. The Morgan fingerprint density at radius 1 is 1.41 bits per heavy atom. The molecule has 0 aromatic carbocycles. The number of hydrogen-bond acceptors (Lipinski definition) is 6. The molecule has 1 fully saturated rings. The van der Waals surface area contributed by atoms with E-state index < -0.39 is 6.10 Å². The Bertz CT molecular complexity index is 417. The van der Waals surface area contributed by atoms with Gasteiger partial charge in [-0.05, 0) is 13.8 Å². The van der Waals surface area contributed by atoms with E-state index in [1.807, 2.05) is 13.8 Å². The maximum absolute atomic E-state index is 11.8. The fourth-order valence-electron chi connectivity index (χ4n) is 1.43. The minimum atomic E-state index is -0.492. The van der Waals surface area contributed by atoms with Crippen molar-refractivity contribution in [1.82, 2.24) is 20.5 Å². The highest BCUT2D eigenvalue weighted by Gasteiger charge is 2.22. The van der Waals surface area contributed by atoms with Gasteiger partial charge in [0.05, 0.1) is 18.0 Å². The van der Waals surface area contributed by atoms with Gasteiger partial charge >= 0.3 is 0 Å². The maximum atomic E-state index is 11.8. The fourth-order valence-corrected chi connectivity index (χ4v) is 1.43. The third-order valence-corrected chi connectivity index (χ3v) is 2.55. The van der Waals surface area contributed by atoms with Gasteiger partial charge in [0.2, 0.25) is 5.95 Å². The molecule has 0 spiro atoms. The molecule has 1 saturated heterocycles. The highest BCUT2D eigenvalue weighted by Crippen LogP contribution is 2.04. The number of amides is 1. The molecule has 0 radical (unpaired) electrons. The van der Waals surface area contributed by atoms with Crippen LogP contribution in [0, 0.1) is 13.8 Å². The van der Waals surface area contributed by atoms with Crippen molar-refractivity contribution in [1.29, 1.82) is 0 Å². The summed E-state index contributed by atoms with van der Waals surface area (Å²) in [6.07, 6.45) is -0.492. The number of hydrogen-bond donors (Lipinski definition) is 2. The van der Waals surface area contributed by atoms with Crippen LogP contribution in [0.5, 0.6) is 0 Å². The second-order valence-corrected chi connectivity index (χ2v) is 3.86. The van der Waals surface area contributed by atoms with Crippen LogP contribution in [0.4, 0.5) is 5.95 Å². The third-order valence-electron chi connectivity index (χ3n) is 2.55. The molecule has 7 heteroatoms. The molecule has 7 nitrogen and oxygen atoms in total. The topological polar surface area (TPSA) is 89.0 Å². The SMILES string of the molecule is Cc1nnc(NC(=O)C2CNCCO2)nc1C. The van der Waals surface area contributed by atoms with Crippen molar-refractivity contribution in [2.75, 3.05) is 25.0 Å². The Morgan fingerprint density at radius 3 is 2.88 bits per heavy atom. The summed E-state index contributed by atoms with van der Waals surface area (Å²) in [7, 11) is 0. The van der Waals surface area contributed by atoms with Crippen LogP contribution in [-0.4, -0.2) is 46.9 Å². The van der Waals surface area contributed by atoms with Crippen LogP contribution < -0.4 is 10.6 Å². The number of aromatic nitrogens is 3. The first kappa shape index (κ1) is 11.9. The lowest BCUT2D eigenvalue weighted by Crippen LogP contribution is -2.45. The largest absolute Gasteiger partial charge is 0.366 e. The standard InChI is InChI=1S/C10H15N5O2/c1-6-7(2)14-15-10(12-6)13-9(16)8-5-11-3-4-17-8/h8,11H,3-5H2,1-2H3,(H,12,13,15,16). The molecule has 17 heavy (non-hydrogen) atoms. The number of carbonyl (C=O) groups excluding carboxylic acids is 1. The van der Waals surface area contributed by atoms with Gasteiger partial charge in [-0.3, -0.25) is 10.1 Å². The molecular formula is C10H15N5O2. The Labute approximate surface area is 99.0 Å². The molecule has 0 bridgehead atoms. The predicted molar refractivity (Wildman–Crippen MR) is 60.5 cm³/mol. The van der Waals surface area contributed by atoms with Crippen molar-refractivity contribution in [2.45, 2.75) is 20.0 Å². The zero-order valence-corrected chi connectivity index (χ0v) is 9.86. The molecule has 2 N–H and O–H groups in total. The zero-order valence-electron chi connectivity index (χ0n) is 9.86. The first-order valence-corrected chi connectivity index (χ1v) is 5.48. The number of morpholine rings is 1. The Kier molecular flexibility index (Phi) is 3.60. The van der Waals surface area contributed by atoms with Crippen molar-refractivity contribution >= 4 is 11.9 Å². The molecule has 2 rings (SSSR count). The molecule has 0 saturated carbocycles. The van der Waals surface area contributed by atoms with Crippen LogP contribution in [0.25, 0.3) is 0 Å². The summed E-state index contributed by atoms with van der Waals surface area (Å²) in [4.78, 5) is 15.9. The van der Waals surface area contributed by atoms with E-state index in [1.54, 1.807) is 0 Å². The smallest absolute Gasteiger partial charge is 0.257 e. The van der Waals surface area contributed by atoms with Gasteiger partial charge < -0.3 is 10.1 Å². The summed E-state index contributed by atoms with van der Waals surface area (Å²) >= 11 is 0. The average molecular weight is 237 g/mol. The van der Waals surface area contributed by atoms with Gasteiger partial charge in [0, 0.05) is 13.1 Å². The highest BCUT2D eigenvalue weighted by molar-refractivity contribution is 5.92. The fraction of sp³-hybridized carbons (Fsp3) is 0.600. The van der Waals surface area contributed by atoms with Gasteiger partial charge in [-0.1, -0.05) is 0 Å². The average Bonchev–Trinajstić information content (AvgIpc) is 2.35. The molecule has 2 heterocycles. The van der Waals surface area contributed by atoms with E-state index in [9.17, 15) is 4.79 Å². The van der Waals surface area contributed by atoms with Crippen LogP contribution in [0.2, 0.25) is 0 Å². The molecular weight excluding hydrogens is 222 g/mol. The van der Waals surface area contributed by atoms with E-state index in [1.165, 1.54) is 0 Å². The maximum Gasteiger partial charge on any atom is 0.257 e. The molecule has 1 aromatic rings. The summed E-state index contributed by atoms with van der Waals surface area (Å²) in [6.45, 7) is 5.44. The van der Waals surface area contributed by atoms with Gasteiger partial charge in [-0.2, -0.15) is 5.10 Å². The van der Waals surface area contributed by atoms with E-state index in [4.69, 9.17) is 4.74 Å². The van der Waals surface area contributed by atoms with Gasteiger partial charge in [0.1, 0.15) is 6.10 Å². The van der Waals surface area contributed by atoms with Crippen LogP contribution in [0.15, 0.2) is 0 Å². The van der Waals surface area contributed by atoms with Crippen molar-refractivity contribution in [3.8, 4) is 0 Å². The summed E-state index contributed by atoms with van der Waals surface area (Å²) in [5.74, 6) is -0.0328. The highest BCUT2D eigenvalue weighted by atomic mass is 16.5.